The maximum Gasteiger partial charge on any atom is 0.0611 e. The van der Waals surface area contributed by atoms with Gasteiger partial charge in [-0.15, -0.1) is 0 Å². The van der Waals surface area contributed by atoms with Gasteiger partial charge in [0.25, 0.3) is 0 Å². The second kappa shape index (κ2) is 5.38. The highest BCUT2D eigenvalue weighted by atomic mass is 35.5. The predicted molar refractivity (Wildman–Crippen MR) is 71.1 cm³/mol. The Morgan fingerprint density at radius 1 is 1.29 bits per heavy atom. The quantitative estimate of drug-likeness (QED) is 0.870. The van der Waals surface area contributed by atoms with Crippen LogP contribution in [0.15, 0.2) is 24.3 Å². The van der Waals surface area contributed by atoms with E-state index in [-0.39, 0.29) is 11.5 Å². The fourth-order valence-corrected chi connectivity index (χ4v) is 2.94. The number of aliphatic hydroxyl groups is 1. The number of nitrogens with two attached hydrogens (primary N) is 1. The average Bonchev–Trinajstić information content (AvgIpc) is 2.35. The summed E-state index contributed by atoms with van der Waals surface area (Å²) in [6.45, 7) is 0.552. The van der Waals surface area contributed by atoms with Crippen LogP contribution < -0.4 is 5.73 Å². The smallest absolute Gasteiger partial charge is 0.0611 e. The molecule has 1 aromatic rings. The summed E-state index contributed by atoms with van der Waals surface area (Å²) >= 11 is 5.88. The number of hydrogen-bond donors (Lipinski definition) is 2. The standard InChI is InChI=1S/C14H20ClNO/c15-12-6-4-11(5-7-12)9-14(10-16)8-2-1-3-13(14)17/h4-7,13,17H,1-3,8-10,16H2. The summed E-state index contributed by atoms with van der Waals surface area (Å²) in [5, 5.41) is 11.0. The van der Waals surface area contributed by atoms with Crippen molar-refractivity contribution in [3.63, 3.8) is 0 Å². The van der Waals surface area contributed by atoms with Gasteiger partial charge in [0.15, 0.2) is 0 Å². The van der Waals surface area contributed by atoms with E-state index >= 15 is 0 Å². The monoisotopic (exact) mass is 253 g/mol. The van der Waals surface area contributed by atoms with Gasteiger partial charge in [0.1, 0.15) is 0 Å². The van der Waals surface area contributed by atoms with E-state index in [1.807, 2.05) is 24.3 Å². The number of halogens is 1. The first-order valence-corrected chi connectivity index (χ1v) is 6.67. The van der Waals surface area contributed by atoms with Gasteiger partial charge in [-0.3, -0.25) is 0 Å². The molecule has 0 saturated heterocycles. The summed E-state index contributed by atoms with van der Waals surface area (Å²) in [5.41, 5.74) is 7.00. The molecule has 0 aromatic heterocycles. The topological polar surface area (TPSA) is 46.2 Å². The van der Waals surface area contributed by atoms with Crippen LogP contribution in [-0.2, 0) is 6.42 Å². The zero-order chi connectivity index (χ0) is 12.3. The Kier molecular flexibility index (Phi) is 4.08. The molecule has 1 saturated carbocycles. The molecular weight excluding hydrogens is 234 g/mol. The Morgan fingerprint density at radius 3 is 2.59 bits per heavy atom. The molecule has 0 heterocycles. The molecule has 1 aromatic carbocycles. The van der Waals surface area contributed by atoms with Gasteiger partial charge in [0.05, 0.1) is 6.10 Å². The van der Waals surface area contributed by atoms with E-state index in [4.69, 9.17) is 17.3 Å². The van der Waals surface area contributed by atoms with Crippen molar-refractivity contribution in [3.8, 4) is 0 Å². The molecule has 2 unspecified atom stereocenters. The molecule has 0 bridgehead atoms. The van der Waals surface area contributed by atoms with Crippen LogP contribution in [0.3, 0.4) is 0 Å². The molecule has 2 rings (SSSR count). The van der Waals surface area contributed by atoms with E-state index in [1.165, 1.54) is 12.0 Å². The van der Waals surface area contributed by atoms with Gasteiger partial charge in [-0.2, -0.15) is 0 Å². The van der Waals surface area contributed by atoms with Crippen molar-refractivity contribution in [2.24, 2.45) is 11.1 Å². The highest BCUT2D eigenvalue weighted by Crippen LogP contribution is 2.38. The minimum atomic E-state index is -0.267. The summed E-state index contributed by atoms with van der Waals surface area (Å²) in [6, 6.07) is 7.86. The van der Waals surface area contributed by atoms with Crippen LogP contribution in [0, 0.1) is 5.41 Å². The molecular formula is C14H20ClNO. The molecule has 3 heteroatoms. The third-order valence-electron chi connectivity index (χ3n) is 3.99. The van der Waals surface area contributed by atoms with E-state index < -0.39 is 0 Å². The molecule has 1 aliphatic carbocycles. The zero-order valence-corrected chi connectivity index (χ0v) is 10.8. The van der Waals surface area contributed by atoms with Crippen molar-refractivity contribution < 1.29 is 5.11 Å². The molecule has 0 radical (unpaired) electrons. The molecule has 1 fully saturated rings. The fraction of sp³-hybridized carbons (Fsp3) is 0.571. The first-order chi connectivity index (χ1) is 8.16. The van der Waals surface area contributed by atoms with Crippen molar-refractivity contribution in [1.82, 2.24) is 0 Å². The predicted octanol–water partition coefficient (Wildman–Crippen LogP) is 2.76. The maximum absolute atomic E-state index is 10.2. The van der Waals surface area contributed by atoms with Crippen molar-refractivity contribution in [2.75, 3.05) is 6.54 Å². The molecule has 2 nitrogen and oxygen atoms in total. The second-order valence-corrected chi connectivity index (χ2v) is 5.57. The first-order valence-electron chi connectivity index (χ1n) is 6.29. The van der Waals surface area contributed by atoms with Gasteiger partial charge in [-0.25, -0.2) is 0 Å². The van der Waals surface area contributed by atoms with Crippen LogP contribution in [0.1, 0.15) is 31.2 Å². The van der Waals surface area contributed by atoms with Gasteiger partial charge in [-0.05, 0) is 37.0 Å². The van der Waals surface area contributed by atoms with Crippen LogP contribution in [-0.4, -0.2) is 17.8 Å². The lowest BCUT2D eigenvalue weighted by molar-refractivity contribution is -0.00584. The fourth-order valence-electron chi connectivity index (χ4n) is 2.81. The zero-order valence-electron chi connectivity index (χ0n) is 10.0. The van der Waals surface area contributed by atoms with Gasteiger partial charge in [0.2, 0.25) is 0 Å². The Hall–Kier alpha value is -0.570. The second-order valence-electron chi connectivity index (χ2n) is 5.13. The third kappa shape index (κ3) is 2.82. The minimum absolute atomic E-state index is 0.133. The van der Waals surface area contributed by atoms with Crippen LogP contribution >= 0.6 is 11.6 Å². The molecule has 2 atom stereocenters. The summed E-state index contributed by atoms with van der Waals surface area (Å²) in [5.74, 6) is 0. The number of hydrogen-bond acceptors (Lipinski definition) is 2. The third-order valence-corrected chi connectivity index (χ3v) is 4.24. The van der Waals surface area contributed by atoms with Crippen molar-refractivity contribution >= 4 is 11.6 Å². The Bertz CT molecular complexity index is 365. The van der Waals surface area contributed by atoms with Gasteiger partial charge in [-0.1, -0.05) is 36.6 Å². The Balaban J connectivity index is 2.15. The normalized spacial score (nSPS) is 29.2. The lowest BCUT2D eigenvalue weighted by Gasteiger charge is -2.41. The SMILES string of the molecule is NCC1(Cc2ccc(Cl)cc2)CCCCC1O. The van der Waals surface area contributed by atoms with Crippen molar-refractivity contribution in [2.45, 2.75) is 38.2 Å². The summed E-state index contributed by atoms with van der Waals surface area (Å²) in [7, 11) is 0. The summed E-state index contributed by atoms with van der Waals surface area (Å²) in [4.78, 5) is 0. The molecule has 3 N–H and O–H groups in total. The van der Waals surface area contributed by atoms with E-state index in [2.05, 4.69) is 0 Å². The van der Waals surface area contributed by atoms with Crippen molar-refractivity contribution in [3.05, 3.63) is 34.9 Å². The molecule has 0 spiro atoms. The van der Waals surface area contributed by atoms with Crippen LogP contribution in [0.4, 0.5) is 0 Å². The van der Waals surface area contributed by atoms with Crippen molar-refractivity contribution in [1.29, 1.82) is 0 Å². The summed E-state index contributed by atoms with van der Waals surface area (Å²) < 4.78 is 0. The minimum Gasteiger partial charge on any atom is -0.392 e. The first kappa shape index (κ1) is 12.9. The average molecular weight is 254 g/mol. The van der Waals surface area contributed by atoms with E-state index in [0.717, 1.165) is 30.7 Å². The lowest BCUT2D eigenvalue weighted by Crippen LogP contribution is -2.45. The Morgan fingerprint density at radius 2 is 2.00 bits per heavy atom. The maximum atomic E-state index is 10.2. The van der Waals surface area contributed by atoms with Gasteiger partial charge < -0.3 is 10.8 Å². The number of aliphatic hydroxyl groups excluding tert-OH is 1. The molecule has 17 heavy (non-hydrogen) atoms. The highest BCUT2D eigenvalue weighted by molar-refractivity contribution is 6.30. The van der Waals surface area contributed by atoms with E-state index in [0.29, 0.717) is 6.54 Å². The Labute approximate surface area is 108 Å². The summed E-state index contributed by atoms with van der Waals surface area (Å²) in [6.07, 6.45) is 4.77. The molecule has 94 valence electrons. The van der Waals surface area contributed by atoms with Gasteiger partial charge >= 0.3 is 0 Å². The van der Waals surface area contributed by atoms with E-state index in [9.17, 15) is 5.11 Å². The van der Waals surface area contributed by atoms with Crippen LogP contribution in [0.5, 0.6) is 0 Å². The molecule has 0 aliphatic heterocycles. The number of benzene rings is 1. The van der Waals surface area contributed by atoms with Gasteiger partial charge in [0, 0.05) is 17.0 Å². The van der Waals surface area contributed by atoms with E-state index in [1.54, 1.807) is 0 Å². The number of rotatable bonds is 3. The highest BCUT2D eigenvalue weighted by Gasteiger charge is 2.38. The lowest BCUT2D eigenvalue weighted by atomic mass is 9.68. The van der Waals surface area contributed by atoms with Crippen LogP contribution in [0.2, 0.25) is 5.02 Å². The molecule has 0 amide bonds. The largest absolute Gasteiger partial charge is 0.392 e. The molecule has 1 aliphatic rings. The van der Waals surface area contributed by atoms with Crippen LogP contribution in [0.25, 0.3) is 0 Å².